The molecule has 1 heterocycles. The minimum atomic E-state index is -0.915. The summed E-state index contributed by atoms with van der Waals surface area (Å²) in [4.78, 5) is 0. The van der Waals surface area contributed by atoms with Crippen LogP contribution in [0.4, 0.5) is 0 Å². The summed E-state index contributed by atoms with van der Waals surface area (Å²) < 4.78 is 16.3. The maximum absolute atomic E-state index is 6.84. The zero-order valence-electron chi connectivity index (χ0n) is 20.5. The van der Waals surface area contributed by atoms with Gasteiger partial charge < -0.3 is 9.31 Å². The summed E-state index contributed by atoms with van der Waals surface area (Å²) in [5.74, 6) is 1.41. The molecule has 6 heteroatoms. The van der Waals surface area contributed by atoms with Crippen molar-refractivity contribution in [2.75, 3.05) is 37.5 Å². The van der Waals surface area contributed by atoms with Crippen LogP contribution in [0.1, 0.15) is 45.2 Å². The van der Waals surface area contributed by atoms with E-state index in [9.17, 15) is 0 Å². The first-order valence-corrected chi connectivity index (χ1v) is 16.9. The van der Waals surface area contributed by atoms with Gasteiger partial charge in [0.2, 0.25) is 0 Å². The zero-order chi connectivity index (χ0) is 22.1. The quantitative estimate of drug-likeness (QED) is 0.497. The van der Waals surface area contributed by atoms with Crippen molar-refractivity contribution < 1.29 is 9.31 Å². The van der Waals surface area contributed by atoms with Gasteiger partial charge in [-0.15, -0.1) is 0 Å². The van der Waals surface area contributed by atoms with Crippen molar-refractivity contribution in [1.29, 1.82) is 0 Å². The van der Waals surface area contributed by atoms with E-state index in [1.54, 1.807) is 0 Å². The predicted molar refractivity (Wildman–Crippen MR) is 137 cm³/mol. The fourth-order valence-corrected chi connectivity index (χ4v) is 14.0. The Balaban J connectivity index is 1.62. The van der Waals surface area contributed by atoms with Gasteiger partial charge >= 0.3 is 7.12 Å². The van der Waals surface area contributed by atoms with E-state index in [2.05, 4.69) is 92.3 Å². The molecule has 0 spiro atoms. The van der Waals surface area contributed by atoms with Gasteiger partial charge in [0.05, 0.1) is 17.7 Å². The van der Waals surface area contributed by atoms with E-state index in [0.29, 0.717) is 17.4 Å². The van der Waals surface area contributed by atoms with Crippen LogP contribution in [0, 0.1) is 17.3 Å². The first kappa shape index (κ1) is 23.0. The van der Waals surface area contributed by atoms with E-state index in [1.165, 1.54) is 12.0 Å². The van der Waals surface area contributed by atoms with Crippen molar-refractivity contribution in [3.8, 4) is 0 Å². The summed E-state index contributed by atoms with van der Waals surface area (Å²) in [7, 11) is -1.95. The Morgan fingerprint density at radius 1 is 1.00 bits per heavy atom. The molecule has 2 bridgehead atoms. The molecule has 0 amide bonds. The topological polar surface area (TPSA) is 21.7 Å². The lowest BCUT2D eigenvalue weighted by molar-refractivity contribution is -0.199. The van der Waals surface area contributed by atoms with Gasteiger partial charge in [-0.05, 0) is 80.1 Å². The molecule has 4 fully saturated rings. The fraction of sp³-hybridized carbons (Fsp3) is 0.750. The molecule has 3 saturated carbocycles. The number of nitrogens with zero attached hydrogens (tertiary/aromatic N) is 1. The maximum Gasteiger partial charge on any atom is 0.459 e. The highest BCUT2D eigenvalue weighted by atomic mass is 32.3. The Bertz CT molecular complexity index is 762. The maximum atomic E-state index is 6.84. The van der Waals surface area contributed by atoms with E-state index in [-0.39, 0.29) is 18.8 Å². The molecule has 1 aromatic rings. The van der Waals surface area contributed by atoms with Crippen molar-refractivity contribution in [3.05, 3.63) is 35.9 Å². The second-order valence-electron chi connectivity index (χ2n) is 11.9. The van der Waals surface area contributed by atoms with Gasteiger partial charge in [0.15, 0.2) is 0 Å². The molecule has 30 heavy (non-hydrogen) atoms. The van der Waals surface area contributed by atoms with E-state index < -0.39 is 20.4 Å². The summed E-state index contributed by atoms with van der Waals surface area (Å²) >= 11 is 0. The van der Waals surface area contributed by atoms with Crippen LogP contribution < -0.4 is 0 Å². The molecule has 0 aromatic heterocycles. The largest absolute Gasteiger partial charge is 0.459 e. The fourth-order valence-electron chi connectivity index (χ4n) is 6.69. The van der Waals surface area contributed by atoms with E-state index in [4.69, 9.17) is 9.31 Å². The summed E-state index contributed by atoms with van der Waals surface area (Å²) in [6, 6.07) is 11.4. The summed E-state index contributed by atoms with van der Waals surface area (Å²) in [5.41, 5.74) is 1.65. The molecule has 3 aliphatic carbocycles. The van der Waals surface area contributed by atoms with Crippen molar-refractivity contribution in [3.63, 3.8) is 0 Å². The van der Waals surface area contributed by atoms with Crippen LogP contribution in [0.5, 0.6) is 0 Å². The van der Waals surface area contributed by atoms with Crippen LogP contribution in [0.15, 0.2) is 30.3 Å². The van der Waals surface area contributed by atoms with Gasteiger partial charge in [-0.25, -0.2) is 3.71 Å². The Morgan fingerprint density at radius 3 is 2.13 bits per heavy atom. The van der Waals surface area contributed by atoms with Gasteiger partial charge in [-0.3, -0.25) is 0 Å². The molecule has 170 valence electrons. The Labute approximate surface area is 188 Å². The number of hydrogen-bond donors (Lipinski definition) is 0. The van der Waals surface area contributed by atoms with Crippen molar-refractivity contribution in [2.24, 2.45) is 17.3 Å². The van der Waals surface area contributed by atoms with Gasteiger partial charge in [0, 0.05) is 6.32 Å². The van der Waals surface area contributed by atoms with E-state index in [0.717, 1.165) is 18.7 Å². The average Bonchev–Trinajstić information content (AvgIpc) is 2.94. The minimum Gasteiger partial charge on any atom is -0.405 e. The van der Waals surface area contributed by atoms with Crippen molar-refractivity contribution in [1.82, 2.24) is 3.71 Å². The summed E-state index contributed by atoms with van der Waals surface area (Å²) in [5, 5.41) is 0. The van der Waals surface area contributed by atoms with Crippen LogP contribution >= 0.6 is 20.4 Å². The zero-order valence-corrected chi connectivity index (χ0v) is 22.1. The molecule has 1 saturated heterocycles. The lowest BCUT2D eigenvalue weighted by Gasteiger charge is -2.64. The van der Waals surface area contributed by atoms with Crippen LogP contribution in [0.25, 0.3) is 0 Å². The summed E-state index contributed by atoms with van der Waals surface area (Å²) in [6.45, 7) is 7.20. The minimum absolute atomic E-state index is 0.119. The van der Waals surface area contributed by atoms with Gasteiger partial charge in [-0.2, -0.15) is 20.4 Å². The summed E-state index contributed by atoms with van der Waals surface area (Å²) in [6.07, 6.45) is 18.2. The number of rotatable bonds is 6. The highest BCUT2D eigenvalue weighted by Crippen LogP contribution is 2.67. The highest BCUT2D eigenvalue weighted by molar-refractivity contribution is 8.43. The monoisotopic (exact) mass is 451 g/mol. The second-order valence-corrected chi connectivity index (χ2v) is 20.0. The Hall–Kier alpha value is -0.135. The third kappa shape index (κ3) is 3.79. The second kappa shape index (κ2) is 7.45. The lowest BCUT2D eigenvalue weighted by Crippen LogP contribution is -2.65. The molecular weight excluding hydrogens is 409 g/mol. The van der Waals surface area contributed by atoms with Crippen molar-refractivity contribution in [2.45, 2.75) is 57.7 Å². The molecule has 4 aliphatic rings. The first-order valence-electron chi connectivity index (χ1n) is 11.3. The standard InChI is InChI=1S/C24H42BNO2S2/c1-23(2)19-15-21(23)24(3)22(16-19)27-25(28-24)17-20(18-13-11-10-12-14-18)26(29(4,5)6)30(7,8)9/h10-14,19-22H,15-17H2,1-9H3/t19?,20-,21?,22?,24+/m0/s1. The van der Waals surface area contributed by atoms with Crippen molar-refractivity contribution >= 4 is 27.5 Å². The van der Waals surface area contributed by atoms with E-state index in [1.807, 2.05) is 0 Å². The van der Waals surface area contributed by atoms with Crippen LogP contribution in [-0.2, 0) is 9.31 Å². The average molecular weight is 452 g/mol. The number of benzene rings is 1. The molecule has 0 radical (unpaired) electrons. The lowest BCUT2D eigenvalue weighted by atomic mass is 9.43. The van der Waals surface area contributed by atoms with Gasteiger partial charge in [-0.1, -0.05) is 44.2 Å². The predicted octanol–water partition coefficient (Wildman–Crippen LogP) is 5.98. The van der Waals surface area contributed by atoms with Gasteiger partial charge in [0.1, 0.15) is 0 Å². The number of hydrogen-bond acceptors (Lipinski definition) is 3. The molecule has 5 atom stereocenters. The Morgan fingerprint density at radius 2 is 1.60 bits per heavy atom. The molecular formula is C24H42BNO2S2. The molecule has 5 rings (SSSR count). The van der Waals surface area contributed by atoms with Crippen LogP contribution in [0.2, 0.25) is 6.32 Å². The third-order valence-corrected chi connectivity index (χ3v) is 13.3. The first-order chi connectivity index (χ1) is 13.7. The third-order valence-electron chi connectivity index (χ3n) is 7.94. The van der Waals surface area contributed by atoms with Gasteiger partial charge in [0.25, 0.3) is 0 Å². The Kier molecular flexibility index (Phi) is 5.72. The molecule has 3 nitrogen and oxygen atoms in total. The van der Waals surface area contributed by atoms with Crippen LogP contribution in [-0.4, -0.2) is 60.1 Å². The molecule has 1 aliphatic heterocycles. The molecule has 3 unspecified atom stereocenters. The normalized spacial score (nSPS) is 35.0. The molecule has 0 N–H and O–H groups in total. The van der Waals surface area contributed by atoms with Crippen LogP contribution in [0.3, 0.4) is 0 Å². The highest BCUT2D eigenvalue weighted by Gasteiger charge is 2.67. The molecule has 1 aromatic carbocycles. The van der Waals surface area contributed by atoms with E-state index >= 15 is 0 Å². The smallest absolute Gasteiger partial charge is 0.405 e. The SMILES string of the molecule is CC1(C)C2CC3OB(C[C@@H](c4ccccc4)N(S(C)(C)C)S(C)(C)C)O[C@]3(C)C1C2.